The van der Waals surface area contributed by atoms with Gasteiger partial charge in [-0.15, -0.1) is 0 Å². The fourth-order valence-electron chi connectivity index (χ4n) is 3.30. The number of rotatable bonds is 6. The van der Waals surface area contributed by atoms with Crippen molar-refractivity contribution in [3.63, 3.8) is 0 Å². The van der Waals surface area contributed by atoms with Gasteiger partial charge in [-0.3, -0.25) is 0 Å². The molecular formula is C19H23NO5S2. The molecule has 3 rings (SSSR count). The summed E-state index contributed by atoms with van der Waals surface area (Å²) < 4.78 is 55.8. The fourth-order valence-corrected chi connectivity index (χ4v) is 8.02. The molecule has 2 aromatic carbocycles. The van der Waals surface area contributed by atoms with Crippen molar-refractivity contribution in [1.82, 2.24) is 5.32 Å². The first-order valence-corrected chi connectivity index (χ1v) is 12.0. The largest absolute Gasteiger partial charge is 0.496 e. The first kappa shape index (κ1) is 19.9. The molecule has 27 heavy (non-hydrogen) atoms. The third kappa shape index (κ3) is 4.34. The van der Waals surface area contributed by atoms with Crippen molar-refractivity contribution in [2.75, 3.05) is 18.6 Å². The molecule has 0 spiro atoms. The van der Waals surface area contributed by atoms with Crippen molar-refractivity contribution < 1.29 is 21.6 Å². The molecule has 6 nitrogen and oxygen atoms in total. The molecule has 1 heterocycles. The van der Waals surface area contributed by atoms with Crippen molar-refractivity contribution in [2.24, 2.45) is 0 Å². The van der Waals surface area contributed by atoms with E-state index in [1.54, 1.807) is 19.2 Å². The maximum absolute atomic E-state index is 13.0. The van der Waals surface area contributed by atoms with Crippen LogP contribution in [0.5, 0.6) is 5.75 Å². The summed E-state index contributed by atoms with van der Waals surface area (Å²) in [6.07, 6.45) is 0. The number of methoxy groups -OCH3 is 1. The fraction of sp³-hybridized carbons (Fsp3) is 0.368. The molecule has 1 aliphatic rings. The van der Waals surface area contributed by atoms with Crippen molar-refractivity contribution in [3.05, 3.63) is 59.7 Å². The summed E-state index contributed by atoms with van der Waals surface area (Å²) in [6.45, 7) is 2.19. The molecule has 2 atom stereocenters. The molecule has 0 aliphatic carbocycles. The Morgan fingerprint density at radius 2 is 1.74 bits per heavy atom. The van der Waals surface area contributed by atoms with Crippen LogP contribution in [0.25, 0.3) is 0 Å². The molecule has 0 unspecified atom stereocenters. The van der Waals surface area contributed by atoms with E-state index in [1.165, 1.54) is 12.1 Å². The van der Waals surface area contributed by atoms with Gasteiger partial charge in [0.2, 0.25) is 0 Å². The number of aryl methyl sites for hydroxylation is 1. The second-order valence-corrected chi connectivity index (χ2v) is 11.1. The summed E-state index contributed by atoms with van der Waals surface area (Å²) in [7, 11) is -5.65. The lowest BCUT2D eigenvalue weighted by Crippen LogP contribution is -2.43. The summed E-state index contributed by atoms with van der Waals surface area (Å²) in [5, 5.41) is 2.11. The van der Waals surface area contributed by atoms with Crippen molar-refractivity contribution in [2.45, 2.75) is 29.7 Å². The van der Waals surface area contributed by atoms with E-state index >= 15 is 0 Å². The summed E-state index contributed by atoms with van der Waals surface area (Å²) >= 11 is 0. The highest BCUT2D eigenvalue weighted by molar-refractivity contribution is 7.96. The zero-order chi connectivity index (χ0) is 19.7. The Bertz CT molecular complexity index is 1010. The number of para-hydroxylation sites is 1. The molecule has 0 saturated carbocycles. The highest BCUT2D eigenvalue weighted by Gasteiger charge is 2.45. The van der Waals surface area contributed by atoms with Crippen LogP contribution in [0.4, 0.5) is 0 Å². The minimum atomic E-state index is -3.77. The number of sulfone groups is 2. The van der Waals surface area contributed by atoms with Gasteiger partial charge in [0.15, 0.2) is 19.7 Å². The lowest BCUT2D eigenvalue weighted by molar-refractivity contribution is 0.406. The Morgan fingerprint density at radius 3 is 2.41 bits per heavy atom. The molecule has 8 heteroatoms. The first-order valence-electron chi connectivity index (χ1n) is 8.59. The van der Waals surface area contributed by atoms with Gasteiger partial charge < -0.3 is 10.1 Å². The number of hydrogen-bond acceptors (Lipinski definition) is 6. The van der Waals surface area contributed by atoms with Gasteiger partial charge >= 0.3 is 0 Å². The highest BCUT2D eigenvalue weighted by atomic mass is 32.2. The maximum Gasteiger partial charge on any atom is 0.183 e. The van der Waals surface area contributed by atoms with Gasteiger partial charge in [0.1, 0.15) is 5.75 Å². The topological polar surface area (TPSA) is 89.5 Å². The standard InChI is InChI=1S/C19H23NO5S2/c1-14-7-9-16(10-8-14)27(23,24)19-13-26(21,22)12-17(19)20-11-15-5-3-4-6-18(15)25-2/h3-10,17,19-20H,11-13H2,1-2H3/t17-,19-/m0/s1. The van der Waals surface area contributed by atoms with E-state index in [4.69, 9.17) is 4.74 Å². The van der Waals surface area contributed by atoms with E-state index in [-0.39, 0.29) is 16.4 Å². The number of ether oxygens (including phenoxy) is 1. The summed E-state index contributed by atoms with van der Waals surface area (Å²) in [4.78, 5) is 0.152. The van der Waals surface area contributed by atoms with Gasteiger partial charge in [0, 0.05) is 18.2 Å². The minimum Gasteiger partial charge on any atom is -0.496 e. The number of benzene rings is 2. The van der Waals surface area contributed by atoms with Crippen LogP contribution in [0.15, 0.2) is 53.4 Å². The molecule has 0 bridgehead atoms. The third-order valence-electron chi connectivity index (χ3n) is 4.80. The van der Waals surface area contributed by atoms with Crippen LogP contribution in [0.2, 0.25) is 0 Å². The maximum atomic E-state index is 13.0. The molecular weight excluding hydrogens is 386 g/mol. The van der Waals surface area contributed by atoms with Crippen LogP contribution in [0, 0.1) is 6.92 Å². The third-order valence-corrected chi connectivity index (χ3v) is 8.96. The van der Waals surface area contributed by atoms with Crippen molar-refractivity contribution in [1.29, 1.82) is 0 Å². The Kier molecular flexibility index (Phi) is 5.60. The smallest absolute Gasteiger partial charge is 0.183 e. The number of hydrogen-bond donors (Lipinski definition) is 1. The van der Waals surface area contributed by atoms with E-state index in [1.807, 2.05) is 31.2 Å². The normalized spacial score (nSPS) is 21.9. The van der Waals surface area contributed by atoms with Crippen LogP contribution in [0.3, 0.4) is 0 Å². The molecule has 0 aromatic heterocycles. The zero-order valence-electron chi connectivity index (χ0n) is 15.3. The SMILES string of the molecule is COc1ccccc1CN[C@H]1CS(=O)(=O)C[C@@H]1S(=O)(=O)c1ccc(C)cc1. The summed E-state index contributed by atoms with van der Waals surface area (Å²) in [6, 6.07) is 13.2. The second-order valence-electron chi connectivity index (χ2n) is 6.77. The van der Waals surface area contributed by atoms with Gasteiger partial charge in [0.25, 0.3) is 0 Å². The van der Waals surface area contributed by atoms with E-state index in [9.17, 15) is 16.8 Å². The molecule has 1 saturated heterocycles. The predicted molar refractivity (Wildman–Crippen MR) is 104 cm³/mol. The van der Waals surface area contributed by atoms with Crippen LogP contribution in [-0.4, -0.2) is 46.7 Å². The minimum absolute atomic E-state index is 0.152. The van der Waals surface area contributed by atoms with Crippen molar-refractivity contribution >= 4 is 19.7 Å². The average molecular weight is 410 g/mol. The monoisotopic (exact) mass is 409 g/mol. The Morgan fingerprint density at radius 1 is 1.07 bits per heavy atom. The lowest BCUT2D eigenvalue weighted by Gasteiger charge is -2.20. The van der Waals surface area contributed by atoms with Gasteiger partial charge in [-0.25, -0.2) is 16.8 Å². The van der Waals surface area contributed by atoms with E-state index in [0.717, 1.165) is 11.1 Å². The lowest BCUT2D eigenvalue weighted by atomic mass is 10.1. The molecule has 1 fully saturated rings. The van der Waals surface area contributed by atoms with Gasteiger partial charge in [0.05, 0.1) is 28.8 Å². The summed E-state index contributed by atoms with van der Waals surface area (Å²) in [5.74, 6) is 0.105. The first-order chi connectivity index (χ1) is 12.7. The molecule has 0 radical (unpaired) electrons. The van der Waals surface area contributed by atoms with Crippen LogP contribution < -0.4 is 10.1 Å². The second kappa shape index (κ2) is 7.61. The molecule has 1 N–H and O–H groups in total. The molecule has 1 aliphatic heterocycles. The van der Waals surface area contributed by atoms with Crippen LogP contribution >= 0.6 is 0 Å². The van der Waals surface area contributed by atoms with Gasteiger partial charge in [-0.05, 0) is 25.1 Å². The van der Waals surface area contributed by atoms with Crippen molar-refractivity contribution in [3.8, 4) is 5.75 Å². The Labute approximate surface area is 160 Å². The number of nitrogens with one attached hydrogen (secondary N) is 1. The quantitative estimate of drug-likeness (QED) is 0.782. The van der Waals surface area contributed by atoms with E-state index in [2.05, 4.69) is 5.32 Å². The summed E-state index contributed by atoms with van der Waals surface area (Å²) in [5.41, 5.74) is 1.79. The molecule has 2 aromatic rings. The molecule has 146 valence electrons. The highest BCUT2D eigenvalue weighted by Crippen LogP contribution is 2.27. The van der Waals surface area contributed by atoms with Gasteiger partial charge in [-0.1, -0.05) is 35.9 Å². The van der Waals surface area contributed by atoms with Gasteiger partial charge in [-0.2, -0.15) is 0 Å². The Balaban J connectivity index is 1.86. The van der Waals surface area contributed by atoms with Crippen LogP contribution in [0.1, 0.15) is 11.1 Å². The Hall–Kier alpha value is -1.90. The predicted octanol–water partition coefficient (Wildman–Crippen LogP) is 1.73. The van der Waals surface area contributed by atoms with E-state index in [0.29, 0.717) is 12.3 Å². The zero-order valence-corrected chi connectivity index (χ0v) is 16.9. The van der Waals surface area contributed by atoms with E-state index < -0.39 is 31.0 Å². The van der Waals surface area contributed by atoms with Crippen LogP contribution in [-0.2, 0) is 26.2 Å². The molecule has 0 amide bonds. The average Bonchev–Trinajstić information content (AvgIpc) is 2.96.